The van der Waals surface area contributed by atoms with Gasteiger partial charge in [0, 0.05) is 27.7 Å². The molecule has 0 atom stereocenters. The zero-order valence-corrected chi connectivity index (χ0v) is 13.6. The number of aromatic nitrogens is 2. The van der Waals surface area contributed by atoms with Crippen LogP contribution < -0.4 is 5.32 Å². The molecule has 0 radical (unpaired) electrons. The van der Waals surface area contributed by atoms with Crippen molar-refractivity contribution in [2.24, 2.45) is 0 Å². The van der Waals surface area contributed by atoms with Gasteiger partial charge in [-0.3, -0.25) is 20.2 Å². The molecule has 2 aromatic carbocycles. The molecular weight excluding hydrogens is 380 g/mol. The Labute approximate surface area is 143 Å². The molecule has 1 heterocycles. The van der Waals surface area contributed by atoms with E-state index in [0.29, 0.717) is 5.56 Å². The average molecular weight is 389 g/mol. The van der Waals surface area contributed by atoms with Crippen molar-refractivity contribution >= 4 is 33.5 Å². The molecule has 0 bridgehead atoms. The minimum atomic E-state index is -0.538. The van der Waals surface area contributed by atoms with Gasteiger partial charge < -0.3 is 4.42 Å². The minimum absolute atomic E-state index is 0.0617. The van der Waals surface area contributed by atoms with E-state index in [-0.39, 0.29) is 23.2 Å². The summed E-state index contributed by atoms with van der Waals surface area (Å²) in [7, 11) is 0. The third-order valence-corrected chi connectivity index (χ3v) is 3.55. The summed E-state index contributed by atoms with van der Waals surface area (Å²) in [5.74, 6) is -0.246. The minimum Gasteiger partial charge on any atom is -0.403 e. The number of hydrogen-bond donors (Lipinski definition) is 1. The van der Waals surface area contributed by atoms with Gasteiger partial charge in [0.25, 0.3) is 11.6 Å². The maximum absolute atomic E-state index is 12.1. The van der Waals surface area contributed by atoms with Gasteiger partial charge in [0.2, 0.25) is 5.89 Å². The fourth-order valence-electron chi connectivity index (χ4n) is 1.92. The topological polar surface area (TPSA) is 111 Å². The summed E-state index contributed by atoms with van der Waals surface area (Å²) >= 11 is 3.35. The van der Waals surface area contributed by atoms with E-state index in [1.54, 1.807) is 12.1 Å². The first-order valence-corrected chi connectivity index (χ1v) is 7.47. The van der Waals surface area contributed by atoms with Crippen LogP contribution >= 0.6 is 15.9 Å². The molecule has 0 saturated heterocycles. The lowest BCUT2D eigenvalue weighted by molar-refractivity contribution is -0.384. The highest BCUT2D eigenvalue weighted by Gasteiger charge is 2.14. The molecule has 1 N–H and O–H groups in total. The van der Waals surface area contributed by atoms with Crippen LogP contribution in [0.15, 0.2) is 57.4 Å². The molecular formula is C15H9BrN4O4. The lowest BCUT2D eigenvalue weighted by Crippen LogP contribution is -2.12. The van der Waals surface area contributed by atoms with Gasteiger partial charge in [-0.05, 0) is 30.3 Å². The van der Waals surface area contributed by atoms with Crippen LogP contribution in [0.5, 0.6) is 0 Å². The molecule has 0 spiro atoms. The summed E-state index contributed by atoms with van der Waals surface area (Å²) < 4.78 is 6.25. The smallest absolute Gasteiger partial charge is 0.322 e. The van der Waals surface area contributed by atoms with Crippen molar-refractivity contribution in [1.82, 2.24) is 10.2 Å². The highest BCUT2D eigenvalue weighted by atomic mass is 79.9. The Morgan fingerprint density at radius 3 is 2.58 bits per heavy atom. The van der Waals surface area contributed by atoms with Gasteiger partial charge in [0.05, 0.1) is 4.92 Å². The lowest BCUT2D eigenvalue weighted by Gasteiger charge is -2.00. The number of nitrogens with zero attached hydrogens (tertiary/aromatic N) is 3. The molecule has 8 nitrogen and oxygen atoms in total. The van der Waals surface area contributed by atoms with Crippen LogP contribution in [0.25, 0.3) is 11.5 Å². The van der Waals surface area contributed by atoms with Crippen LogP contribution in [0.2, 0.25) is 0 Å². The second kappa shape index (κ2) is 6.59. The molecule has 0 aliphatic heterocycles. The van der Waals surface area contributed by atoms with Crippen molar-refractivity contribution < 1.29 is 14.1 Å². The first kappa shape index (κ1) is 15.8. The van der Waals surface area contributed by atoms with E-state index in [2.05, 4.69) is 31.4 Å². The van der Waals surface area contributed by atoms with E-state index in [9.17, 15) is 14.9 Å². The molecule has 1 aromatic heterocycles. The molecule has 3 rings (SSSR count). The van der Waals surface area contributed by atoms with Crippen molar-refractivity contribution in [3.63, 3.8) is 0 Å². The van der Waals surface area contributed by atoms with Crippen molar-refractivity contribution in [3.05, 3.63) is 68.7 Å². The van der Waals surface area contributed by atoms with Crippen LogP contribution in [0.4, 0.5) is 11.7 Å². The maximum Gasteiger partial charge on any atom is 0.322 e. The molecule has 0 fully saturated rings. The van der Waals surface area contributed by atoms with Crippen LogP contribution in [-0.4, -0.2) is 21.0 Å². The summed E-state index contributed by atoms with van der Waals surface area (Å²) in [5, 5.41) is 20.7. The molecule has 0 aliphatic rings. The van der Waals surface area contributed by atoms with Crippen molar-refractivity contribution in [3.8, 4) is 11.5 Å². The zero-order chi connectivity index (χ0) is 17.1. The Balaban J connectivity index is 1.74. The van der Waals surface area contributed by atoms with Gasteiger partial charge in [0.15, 0.2) is 0 Å². The third-order valence-electron chi connectivity index (χ3n) is 3.06. The van der Waals surface area contributed by atoms with Gasteiger partial charge in [0.1, 0.15) is 0 Å². The Morgan fingerprint density at radius 2 is 1.92 bits per heavy atom. The predicted octanol–water partition coefficient (Wildman–Crippen LogP) is 3.66. The van der Waals surface area contributed by atoms with E-state index in [0.717, 1.165) is 4.47 Å². The van der Waals surface area contributed by atoms with Crippen LogP contribution in [-0.2, 0) is 0 Å². The fraction of sp³-hybridized carbons (Fsp3) is 0. The molecule has 9 heteroatoms. The second-order valence-electron chi connectivity index (χ2n) is 4.68. The Bertz CT molecular complexity index is 908. The molecule has 24 heavy (non-hydrogen) atoms. The number of rotatable bonds is 4. The Hall–Kier alpha value is -3.07. The summed E-state index contributed by atoms with van der Waals surface area (Å²) in [5.41, 5.74) is 0.844. The molecule has 0 saturated carbocycles. The predicted molar refractivity (Wildman–Crippen MR) is 88.5 cm³/mol. The number of carbonyl (C=O) groups excluding carboxylic acids is 1. The SMILES string of the molecule is O=C(Nc1nnc(-c2cccc(Br)c2)o1)c1ccc([N+](=O)[O-])cc1. The van der Waals surface area contributed by atoms with Gasteiger partial charge in [-0.2, -0.15) is 0 Å². The van der Waals surface area contributed by atoms with Gasteiger partial charge in [-0.15, -0.1) is 5.10 Å². The van der Waals surface area contributed by atoms with Crippen LogP contribution in [0.3, 0.4) is 0 Å². The number of hydrogen-bond acceptors (Lipinski definition) is 6. The summed E-state index contributed by atoms with van der Waals surface area (Å²) in [6, 6.07) is 12.4. The maximum atomic E-state index is 12.1. The van der Waals surface area contributed by atoms with E-state index in [1.807, 2.05) is 12.1 Å². The van der Waals surface area contributed by atoms with Crippen LogP contribution in [0, 0.1) is 10.1 Å². The number of nitro groups is 1. The number of nitro benzene ring substituents is 1. The number of benzene rings is 2. The number of halogens is 1. The summed E-state index contributed by atoms with van der Waals surface area (Å²) in [6.45, 7) is 0. The highest BCUT2D eigenvalue weighted by molar-refractivity contribution is 9.10. The quantitative estimate of drug-likeness (QED) is 0.539. The van der Waals surface area contributed by atoms with Crippen LogP contribution in [0.1, 0.15) is 10.4 Å². The second-order valence-corrected chi connectivity index (χ2v) is 5.60. The molecule has 0 unspecified atom stereocenters. The average Bonchev–Trinajstić information content (AvgIpc) is 3.03. The molecule has 120 valence electrons. The highest BCUT2D eigenvalue weighted by Crippen LogP contribution is 2.23. The number of carbonyl (C=O) groups is 1. The van der Waals surface area contributed by atoms with E-state index in [4.69, 9.17) is 4.42 Å². The molecule has 3 aromatic rings. The standard InChI is InChI=1S/C15H9BrN4O4/c16-11-3-1-2-10(8-11)14-18-19-15(24-14)17-13(21)9-4-6-12(7-5-9)20(22)23/h1-8H,(H,17,19,21). The normalized spacial score (nSPS) is 10.4. The largest absolute Gasteiger partial charge is 0.403 e. The van der Waals surface area contributed by atoms with E-state index < -0.39 is 10.8 Å². The summed E-state index contributed by atoms with van der Waals surface area (Å²) in [6.07, 6.45) is 0. The molecule has 0 aliphatic carbocycles. The van der Waals surface area contributed by atoms with Crippen molar-refractivity contribution in [2.75, 3.05) is 5.32 Å². The first-order chi connectivity index (χ1) is 11.5. The number of anilines is 1. The Kier molecular flexibility index (Phi) is 4.34. The van der Waals surface area contributed by atoms with E-state index in [1.165, 1.54) is 24.3 Å². The molecule has 1 amide bonds. The first-order valence-electron chi connectivity index (χ1n) is 6.68. The number of nitrogens with one attached hydrogen (secondary N) is 1. The third kappa shape index (κ3) is 3.46. The number of non-ortho nitro benzene ring substituents is 1. The van der Waals surface area contributed by atoms with Gasteiger partial charge in [-0.25, -0.2) is 0 Å². The Morgan fingerprint density at radius 1 is 1.17 bits per heavy atom. The van der Waals surface area contributed by atoms with E-state index >= 15 is 0 Å². The van der Waals surface area contributed by atoms with Crippen molar-refractivity contribution in [1.29, 1.82) is 0 Å². The van der Waals surface area contributed by atoms with Gasteiger partial charge >= 0.3 is 6.01 Å². The number of amides is 1. The monoisotopic (exact) mass is 388 g/mol. The summed E-state index contributed by atoms with van der Waals surface area (Å²) in [4.78, 5) is 22.1. The zero-order valence-electron chi connectivity index (χ0n) is 12.0. The fourth-order valence-corrected chi connectivity index (χ4v) is 2.31. The van der Waals surface area contributed by atoms with Crippen molar-refractivity contribution in [2.45, 2.75) is 0 Å². The van der Waals surface area contributed by atoms with Gasteiger partial charge in [-0.1, -0.05) is 27.1 Å². The lowest BCUT2D eigenvalue weighted by atomic mass is 10.2.